The highest BCUT2D eigenvalue weighted by Gasteiger charge is 2.33. The molecule has 1 unspecified atom stereocenters. The van der Waals surface area contributed by atoms with Gasteiger partial charge in [-0.05, 0) is 69.0 Å². The molecular weight excluding hydrogens is 521 g/mol. The number of pyridine rings is 1. The van der Waals surface area contributed by atoms with Gasteiger partial charge in [0.05, 0.1) is 22.6 Å². The molecule has 0 fully saturated rings. The lowest BCUT2D eigenvalue weighted by Crippen LogP contribution is -2.28. The van der Waals surface area contributed by atoms with Gasteiger partial charge >= 0.3 is 6.18 Å². The predicted molar refractivity (Wildman–Crippen MR) is 161 cm³/mol. The molecule has 2 aromatic carbocycles. The number of rotatable bonds is 10. The van der Waals surface area contributed by atoms with E-state index in [1.165, 1.54) is 12.1 Å². The average molecular weight is 561 g/mol. The molecule has 41 heavy (non-hydrogen) atoms. The van der Waals surface area contributed by atoms with Crippen LogP contribution in [0, 0.1) is 11.3 Å². The molecular formula is C34H39F3N4. The summed E-state index contributed by atoms with van der Waals surface area (Å²) in [5, 5.41) is 11.1. The van der Waals surface area contributed by atoms with Crippen LogP contribution in [0.2, 0.25) is 0 Å². The fourth-order valence-corrected chi connectivity index (χ4v) is 5.36. The highest BCUT2D eigenvalue weighted by Crippen LogP contribution is 2.39. The minimum Gasteiger partial charge on any atom is -0.378 e. The summed E-state index contributed by atoms with van der Waals surface area (Å²) in [7, 11) is 4.03. The molecule has 0 N–H and O–H groups in total. The standard InChI is InChI=1S/C34H39F3N4/c1-9-29-25(19-23-15-13-14-16-28(23)34(35,36)37)27(21-38)26-20-24(17-18-30(26)39-29)33(31(10-2)40(7)12-4)32(11-3)41(8)22(5)6/h10-11,13-18,20,33H,5,9,12,19H2,1-4,6-8H3/b31-10-,32-11-. The lowest BCUT2D eigenvalue weighted by Gasteiger charge is -2.35. The van der Waals surface area contributed by atoms with Crippen molar-refractivity contribution in [3.63, 3.8) is 0 Å². The summed E-state index contributed by atoms with van der Waals surface area (Å²) >= 11 is 0. The van der Waals surface area contributed by atoms with Crippen molar-refractivity contribution < 1.29 is 13.2 Å². The Morgan fingerprint density at radius 2 is 1.73 bits per heavy atom. The van der Waals surface area contributed by atoms with Gasteiger partial charge in [-0.15, -0.1) is 0 Å². The monoisotopic (exact) mass is 560 g/mol. The van der Waals surface area contributed by atoms with E-state index in [2.05, 4.69) is 41.5 Å². The Morgan fingerprint density at radius 3 is 2.27 bits per heavy atom. The van der Waals surface area contributed by atoms with E-state index in [4.69, 9.17) is 4.98 Å². The highest BCUT2D eigenvalue weighted by molar-refractivity contribution is 5.87. The molecule has 216 valence electrons. The molecule has 0 saturated carbocycles. The fourth-order valence-electron chi connectivity index (χ4n) is 5.36. The quantitative estimate of drug-likeness (QED) is 0.249. The van der Waals surface area contributed by atoms with Crippen LogP contribution in [0.4, 0.5) is 13.2 Å². The number of benzene rings is 2. The van der Waals surface area contributed by atoms with Gasteiger partial charge in [0.2, 0.25) is 0 Å². The summed E-state index contributed by atoms with van der Waals surface area (Å²) in [4.78, 5) is 9.09. The summed E-state index contributed by atoms with van der Waals surface area (Å²) in [5.41, 5.74) is 5.57. The molecule has 0 radical (unpaired) electrons. The predicted octanol–water partition coefficient (Wildman–Crippen LogP) is 8.59. The van der Waals surface area contributed by atoms with Crippen LogP contribution in [-0.2, 0) is 19.0 Å². The first kappa shape index (κ1) is 31.5. The van der Waals surface area contributed by atoms with E-state index in [-0.39, 0.29) is 17.9 Å². The van der Waals surface area contributed by atoms with Gasteiger partial charge in [0.25, 0.3) is 0 Å². The van der Waals surface area contributed by atoms with Crippen molar-refractivity contribution in [1.29, 1.82) is 5.26 Å². The SMILES string of the molecule is C=C(C)N(C)/C(=C\C)C(/C(=C/C)N(C)CC)c1ccc2nc(CC)c(Cc3ccccc3C(F)(F)F)c(C#N)c2c1. The van der Waals surface area contributed by atoms with Crippen LogP contribution in [0.5, 0.6) is 0 Å². The number of aryl methyl sites for hydroxylation is 1. The summed E-state index contributed by atoms with van der Waals surface area (Å²) in [5.74, 6) is -0.173. The van der Waals surface area contributed by atoms with Crippen LogP contribution in [0.25, 0.3) is 10.9 Å². The highest BCUT2D eigenvalue weighted by atomic mass is 19.4. The van der Waals surface area contributed by atoms with E-state index >= 15 is 0 Å². The van der Waals surface area contributed by atoms with E-state index in [1.807, 2.05) is 60.0 Å². The molecule has 4 nitrogen and oxygen atoms in total. The molecule has 0 aliphatic heterocycles. The number of hydrogen-bond acceptors (Lipinski definition) is 4. The van der Waals surface area contributed by atoms with Gasteiger partial charge in [-0.25, -0.2) is 0 Å². The normalized spacial score (nSPS) is 13.2. The van der Waals surface area contributed by atoms with Crippen LogP contribution in [0.15, 0.2) is 78.3 Å². The van der Waals surface area contributed by atoms with Gasteiger partial charge in [-0.3, -0.25) is 4.98 Å². The third-order valence-electron chi connectivity index (χ3n) is 7.72. The van der Waals surface area contributed by atoms with Crippen molar-refractivity contribution in [3.05, 3.63) is 112 Å². The lowest BCUT2D eigenvalue weighted by atomic mass is 9.87. The Hall–Kier alpha value is -4.05. The number of nitriles is 1. The van der Waals surface area contributed by atoms with E-state index in [9.17, 15) is 18.4 Å². The largest absolute Gasteiger partial charge is 0.416 e. The first-order chi connectivity index (χ1) is 19.4. The van der Waals surface area contributed by atoms with Crippen LogP contribution in [0.1, 0.15) is 74.0 Å². The Labute approximate surface area is 242 Å². The van der Waals surface area contributed by atoms with E-state index in [0.29, 0.717) is 34.1 Å². The summed E-state index contributed by atoms with van der Waals surface area (Å²) in [6, 6.07) is 13.8. The zero-order chi connectivity index (χ0) is 30.5. The second kappa shape index (κ2) is 13.1. The summed E-state index contributed by atoms with van der Waals surface area (Å²) in [6.45, 7) is 14.9. The Morgan fingerprint density at radius 1 is 1.07 bits per heavy atom. The van der Waals surface area contributed by atoms with Gasteiger partial charge in [0.1, 0.15) is 6.07 Å². The number of nitrogens with zero attached hydrogens (tertiary/aromatic N) is 4. The van der Waals surface area contributed by atoms with Crippen molar-refractivity contribution in [2.75, 3.05) is 20.6 Å². The zero-order valence-electron chi connectivity index (χ0n) is 25.0. The van der Waals surface area contributed by atoms with E-state index in [0.717, 1.165) is 35.3 Å². The maximum atomic E-state index is 13.8. The van der Waals surface area contributed by atoms with Crippen molar-refractivity contribution >= 4 is 10.9 Å². The second-order valence-corrected chi connectivity index (χ2v) is 10.2. The maximum absolute atomic E-state index is 13.8. The average Bonchev–Trinajstić information content (AvgIpc) is 2.95. The van der Waals surface area contributed by atoms with Crippen molar-refractivity contribution in [2.24, 2.45) is 0 Å². The lowest BCUT2D eigenvalue weighted by molar-refractivity contribution is -0.138. The number of hydrogen-bond donors (Lipinski definition) is 0. The second-order valence-electron chi connectivity index (χ2n) is 10.2. The smallest absolute Gasteiger partial charge is 0.378 e. The molecule has 0 aliphatic carbocycles. The first-order valence-electron chi connectivity index (χ1n) is 13.9. The molecule has 0 amide bonds. The number of allylic oxidation sites excluding steroid dienone is 3. The summed E-state index contributed by atoms with van der Waals surface area (Å²) in [6.07, 6.45) is 0.133. The molecule has 0 saturated heterocycles. The third-order valence-corrected chi connectivity index (χ3v) is 7.72. The van der Waals surface area contributed by atoms with Crippen LogP contribution < -0.4 is 0 Å². The molecule has 0 spiro atoms. The Kier molecular flexibility index (Phi) is 10.0. The molecule has 1 aromatic heterocycles. The minimum atomic E-state index is -4.49. The number of fused-ring (bicyclic) bond motifs is 1. The van der Waals surface area contributed by atoms with E-state index in [1.54, 1.807) is 6.07 Å². The van der Waals surface area contributed by atoms with Crippen molar-refractivity contribution in [2.45, 2.75) is 59.6 Å². The fraction of sp³-hybridized carbons (Fsp3) is 0.353. The molecule has 3 rings (SSSR count). The van der Waals surface area contributed by atoms with Crippen LogP contribution in [0.3, 0.4) is 0 Å². The topological polar surface area (TPSA) is 43.2 Å². The molecule has 0 aliphatic rings. The molecule has 1 heterocycles. The van der Waals surface area contributed by atoms with Crippen LogP contribution >= 0.6 is 0 Å². The van der Waals surface area contributed by atoms with Gasteiger partial charge in [-0.2, -0.15) is 18.4 Å². The van der Waals surface area contributed by atoms with Crippen molar-refractivity contribution in [1.82, 2.24) is 14.8 Å². The number of alkyl halides is 3. The van der Waals surface area contributed by atoms with E-state index < -0.39 is 11.7 Å². The Balaban J connectivity index is 2.34. The van der Waals surface area contributed by atoms with Crippen LogP contribution in [-0.4, -0.2) is 35.4 Å². The number of aromatic nitrogens is 1. The van der Waals surface area contributed by atoms with Gasteiger partial charge in [0.15, 0.2) is 0 Å². The van der Waals surface area contributed by atoms with Gasteiger partial charge in [0, 0.05) is 55.2 Å². The zero-order valence-corrected chi connectivity index (χ0v) is 25.0. The van der Waals surface area contributed by atoms with Crippen molar-refractivity contribution in [3.8, 4) is 6.07 Å². The number of likely N-dealkylation sites (N-methyl/N-ethyl adjacent to an activating group) is 2. The first-order valence-corrected chi connectivity index (χ1v) is 13.9. The molecule has 7 heteroatoms. The van der Waals surface area contributed by atoms with Gasteiger partial charge < -0.3 is 9.80 Å². The summed E-state index contributed by atoms with van der Waals surface area (Å²) < 4.78 is 41.5. The minimum absolute atomic E-state index is 0.0322. The Bertz CT molecular complexity index is 1530. The third kappa shape index (κ3) is 6.48. The molecule has 0 bridgehead atoms. The molecule has 3 aromatic rings. The maximum Gasteiger partial charge on any atom is 0.416 e. The number of halogens is 3. The van der Waals surface area contributed by atoms with Gasteiger partial charge in [-0.1, -0.05) is 49.9 Å². The molecule has 1 atom stereocenters.